The van der Waals surface area contributed by atoms with Crippen LogP contribution in [0.5, 0.6) is 0 Å². The van der Waals surface area contributed by atoms with E-state index in [0.29, 0.717) is 0 Å². The molecule has 0 fully saturated rings. The quantitative estimate of drug-likeness (QED) is 0.898. The van der Waals surface area contributed by atoms with Crippen molar-refractivity contribution in [2.75, 3.05) is 11.9 Å². The van der Waals surface area contributed by atoms with Gasteiger partial charge in [0.15, 0.2) is 5.13 Å². The van der Waals surface area contributed by atoms with E-state index in [2.05, 4.69) is 53.1 Å². The van der Waals surface area contributed by atoms with Crippen molar-refractivity contribution in [3.05, 3.63) is 21.7 Å². The first-order chi connectivity index (χ1) is 7.13. The molecule has 2 rings (SSSR count). The first kappa shape index (κ1) is 10.9. The predicted molar refractivity (Wildman–Crippen MR) is 71.0 cm³/mol. The van der Waals surface area contributed by atoms with Gasteiger partial charge in [-0.05, 0) is 38.0 Å². The summed E-state index contributed by atoms with van der Waals surface area (Å²) >= 11 is 5.30. The number of thiazole rings is 1. The summed E-state index contributed by atoms with van der Waals surface area (Å²) in [5.41, 5.74) is 3.62. The van der Waals surface area contributed by atoms with Crippen molar-refractivity contribution in [2.24, 2.45) is 0 Å². The standard InChI is InChI=1S/C11H13BrN2S/c1-4-13-11-14-9-6(2)5-8(12)7(3)10(9)15-11/h5H,4H2,1-3H3,(H,13,14). The number of fused-ring (bicyclic) bond motifs is 1. The number of halogens is 1. The Morgan fingerprint density at radius 2 is 2.20 bits per heavy atom. The summed E-state index contributed by atoms with van der Waals surface area (Å²) < 4.78 is 2.44. The number of nitrogens with one attached hydrogen (secondary N) is 1. The van der Waals surface area contributed by atoms with Crippen molar-refractivity contribution in [3.8, 4) is 0 Å². The van der Waals surface area contributed by atoms with Crippen LogP contribution in [0.1, 0.15) is 18.1 Å². The van der Waals surface area contributed by atoms with Gasteiger partial charge >= 0.3 is 0 Å². The van der Waals surface area contributed by atoms with E-state index in [4.69, 9.17) is 0 Å². The summed E-state index contributed by atoms with van der Waals surface area (Å²) in [4.78, 5) is 4.59. The van der Waals surface area contributed by atoms with E-state index >= 15 is 0 Å². The van der Waals surface area contributed by atoms with E-state index in [1.54, 1.807) is 11.3 Å². The Morgan fingerprint density at radius 1 is 1.47 bits per heavy atom. The van der Waals surface area contributed by atoms with E-state index < -0.39 is 0 Å². The third-order valence-electron chi connectivity index (χ3n) is 2.37. The molecule has 0 bridgehead atoms. The Morgan fingerprint density at radius 3 is 2.87 bits per heavy atom. The van der Waals surface area contributed by atoms with Gasteiger partial charge in [0.05, 0.1) is 10.2 Å². The van der Waals surface area contributed by atoms with Crippen LogP contribution in [0.4, 0.5) is 5.13 Å². The molecule has 0 saturated heterocycles. The first-order valence-corrected chi connectivity index (χ1v) is 6.54. The molecule has 0 aliphatic rings. The van der Waals surface area contributed by atoms with Crippen LogP contribution >= 0.6 is 27.3 Å². The smallest absolute Gasteiger partial charge is 0.183 e. The van der Waals surface area contributed by atoms with Gasteiger partial charge in [-0.25, -0.2) is 4.98 Å². The molecule has 1 aromatic carbocycles. The van der Waals surface area contributed by atoms with Crippen LogP contribution in [0.15, 0.2) is 10.5 Å². The molecule has 15 heavy (non-hydrogen) atoms. The van der Waals surface area contributed by atoms with Gasteiger partial charge in [-0.2, -0.15) is 0 Å². The maximum Gasteiger partial charge on any atom is 0.183 e. The topological polar surface area (TPSA) is 24.9 Å². The molecule has 0 radical (unpaired) electrons. The molecule has 1 heterocycles. The molecule has 0 atom stereocenters. The van der Waals surface area contributed by atoms with Gasteiger partial charge in [0.25, 0.3) is 0 Å². The second-order valence-corrected chi connectivity index (χ2v) is 5.38. The van der Waals surface area contributed by atoms with Gasteiger partial charge < -0.3 is 5.32 Å². The molecule has 0 amide bonds. The SMILES string of the molecule is CCNc1nc2c(C)cc(Br)c(C)c2s1. The fraction of sp³-hybridized carbons (Fsp3) is 0.364. The largest absolute Gasteiger partial charge is 0.362 e. The molecule has 0 aliphatic carbocycles. The van der Waals surface area contributed by atoms with Crippen molar-refractivity contribution >= 4 is 42.6 Å². The van der Waals surface area contributed by atoms with Gasteiger partial charge in [-0.15, -0.1) is 0 Å². The van der Waals surface area contributed by atoms with Crippen molar-refractivity contribution in [2.45, 2.75) is 20.8 Å². The molecule has 2 nitrogen and oxygen atoms in total. The zero-order chi connectivity index (χ0) is 11.0. The number of rotatable bonds is 2. The maximum absolute atomic E-state index is 4.59. The van der Waals surface area contributed by atoms with Crippen molar-refractivity contribution < 1.29 is 0 Å². The van der Waals surface area contributed by atoms with Crippen LogP contribution in [-0.4, -0.2) is 11.5 Å². The Kier molecular flexibility index (Phi) is 2.98. The van der Waals surface area contributed by atoms with Crippen molar-refractivity contribution in [1.82, 2.24) is 4.98 Å². The van der Waals surface area contributed by atoms with Crippen LogP contribution in [0.2, 0.25) is 0 Å². The van der Waals surface area contributed by atoms with Crippen molar-refractivity contribution in [3.63, 3.8) is 0 Å². The Labute approximate surface area is 102 Å². The minimum absolute atomic E-state index is 0.916. The zero-order valence-electron chi connectivity index (χ0n) is 9.02. The lowest BCUT2D eigenvalue weighted by Crippen LogP contribution is -1.94. The highest BCUT2D eigenvalue weighted by atomic mass is 79.9. The third-order valence-corrected chi connectivity index (χ3v) is 4.33. The monoisotopic (exact) mass is 284 g/mol. The number of nitrogens with zero attached hydrogens (tertiary/aromatic N) is 1. The predicted octanol–water partition coefficient (Wildman–Crippen LogP) is 4.11. The molecular weight excluding hydrogens is 272 g/mol. The van der Waals surface area contributed by atoms with Crippen LogP contribution in [-0.2, 0) is 0 Å². The average molecular weight is 285 g/mol. The summed E-state index contributed by atoms with van der Waals surface area (Å²) in [5.74, 6) is 0. The molecule has 0 unspecified atom stereocenters. The maximum atomic E-state index is 4.59. The minimum Gasteiger partial charge on any atom is -0.362 e. The van der Waals surface area contributed by atoms with Crippen LogP contribution < -0.4 is 5.32 Å². The molecule has 2 aromatic rings. The lowest BCUT2D eigenvalue weighted by atomic mass is 10.1. The second kappa shape index (κ2) is 4.10. The first-order valence-electron chi connectivity index (χ1n) is 4.93. The van der Waals surface area contributed by atoms with Gasteiger partial charge in [-0.3, -0.25) is 0 Å². The highest BCUT2D eigenvalue weighted by Crippen LogP contribution is 2.34. The molecule has 0 saturated carbocycles. The number of aromatic nitrogens is 1. The Hall–Kier alpha value is -0.610. The number of anilines is 1. The normalized spacial score (nSPS) is 10.9. The van der Waals surface area contributed by atoms with Crippen LogP contribution in [0.25, 0.3) is 10.2 Å². The number of aryl methyl sites for hydroxylation is 2. The summed E-state index contributed by atoms with van der Waals surface area (Å²) in [6.07, 6.45) is 0. The molecule has 0 aliphatic heterocycles. The van der Waals surface area contributed by atoms with E-state index in [9.17, 15) is 0 Å². The van der Waals surface area contributed by atoms with Crippen LogP contribution in [0, 0.1) is 13.8 Å². The number of hydrogen-bond donors (Lipinski definition) is 1. The van der Waals surface area contributed by atoms with Gasteiger partial charge in [0.1, 0.15) is 0 Å². The fourth-order valence-corrected chi connectivity index (χ4v) is 3.33. The Balaban J connectivity index is 2.68. The fourth-order valence-electron chi connectivity index (χ4n) is 1.54. The zero-order valence-corrected chi connectivity index (χ0v) is 11.4. The van der Waals surface area contributed by atoms with Crippen molar-refractivity contribution in [1.29, 1.82) is 0 Å². The molecule has 1 aromatic heterocycles. The van der Waals surface area contributed by atoms with E-state index in [1.165, 1.54) is 20.3 Å². The lowest BCUT2D eigenvalue weighted by molar-refractivity contribution is 1.20. The van der Waals surface area contributed by atoms with Gasteiger partial charge in [0.2, 0.25) is 0 Å². The van der Waals surface area contributed by atoms with Gasteiger partial charge in [0, 0.05) is 11.0 Å². The van der Waals surface area contributed by atoms with E-state index in [0.717, 1.165) is 17.2 Å². The summed E-state index contributed by atoms with van der Waals surface area (Å²) in [7, 11) is 0. The van der Waals surface area contributed by atoms with Gasteiger partial charge in [-0.1, -0.05) is 27.3 Å². The summed E-state index contributed by atoms with van der Waals surface area (Å²) in [6.45, 7) is 7.22. The minimum atomic E-state index is 0.916. The highest BCUT2D eigenvalue weighted by molar-refractivity contribution is 9.10. The summed E-state index contributed by atoms with van der Waals surface area (Å²) in [5, 5.41) is 4.27. The Bertz CT molecular complexity index is 505. The second-order valence-electron chi connectivity index (χ2n) is 3.53. The third kappa shape index (κ3) is 1.88. The van der Waals surface area contributed by atoms with E-state index in [-0.39, 0.29) is 0 Å². The highest BCUT2D eigenvalue weighted by Gasteiger charge is 2.10. The number of hydrogen-bond acceptors (Lipinski definition) is 3. The molecule has 4 heteroatoms. The molecular formula is C11H13BrN2S. The molecule has 80 valence electrons. The average Bonchev–Trinajstić information content (AvgIpc) is 2.60. The number of benzene rings is 1. The lowest BCUT2D eigenvalue weighted by Gasteiger charge is -2.01. The van der Waals surface area contributed by atoms with Crippen LogP contribution in [0.3, 0.4) is 0 Å². The van der Waals surface area contributed by atoms with E-state index in [1.807, 2.05) is 0 Å². The molecule has 1 N–H and O–H groups in total. The molecule has 0 spiro atoms. The summed E-state index contributed by atoms with van der Waals surface area (Å²) in [6, 6.07) is 2.13.